The Hall–Kier alpha value is -6.50. The first-order valence-corrected chi connectivity index (χ1v) is 23.9. The first kappa shape index (κ1) is 39.1. The largest absolute Gasteiger partial charge is 0.0904 e. The van der Waals surface area contributed by atoms with Crippen molar-refractivity contribution in [2.45, 2.75) is 82.0 Å². The van der Waals surface area contributed by atoms with Crippen molar-refractivity contribution in [1.29, 1.82) is 0 Å². The average Bonchev–Trinajstić information content (AvgIpc) is 4.05. The summed E-state index contributed by atoms with van der Waals surface area (Å²) < 4.78 is 0. The SMILES string of the molecule is CC=CC1(CCC)c2ccccc2-c2cc(Cc3ccc(C4(c5ccccc5)c5ccccc5-c5c(CC6CCC7(C6)c6ccccc6-c6ccc(C)cc67)cccc54)cc3)ccc21. The van der Waals surface area contributed by atoms with Crippen LogP contribution in [-0.4, -0.2) is 0 Å². The molecule has 312 valence electrons. The van der Waals surface area contributed by atoms with Crippen molar-refractivity contribution < 1.29 is 0 Å². The maximum Gasteiger partial charge on any atom is 0.0713 e. The maximum absolute atomic E-state index is 2.50. The van der Waals surface area contributed by atoms with Crippen LogP contribution < -0.4 is 0 Å². The summed E-state index contributed by atoms with van der Waals surface area (Å²) in [4.78, 5) is 0. The van der Waals surface area contributed by atoms with Crippen molar-refractivity contribution in [1.82, 2.24) is 0 Å². The van der Waals surface area contributed by atoms with E-state index in [1.54, 1.807) is 11.1 Å². The predicted octanol–water partition coefficient (Wildman–Crippen LogP) is 15.9. The van der Waals surface area contributed by atoms with Gasteiger partial charge < -0.3 is 0 Å². The topological polar surface area (TPSA) is 0 Å². The molecule has 0 radical (unpaired) electrons. The van der Waals surface area contributed by atoms with Crippen LogP contribution in [0.1, 0.15) is 113 Å². The molecule has 1 saturated carbocycles. The van der Waals surface area contributed by atoms with Crippen LogP contribution in [0.5, 0.6) is 0 Å². The molecule has 0 saturated heterocycles. The second kappa shape index (κ2) is 15.1. The molecule has 4 unspecified atom stereocenters. The molecule has 1 spiro atoms. The molecule has 0 nitrogen and oxygen atoms in total. The quantitative estimate of drug-likeness (QED) is 0.127. The Morgan fingerprint density at radius 3 is 1.95 bits per heavy atom. The molecule has 4 atom stereocenters. The molecule has 4 aliphatic rings. The molecule has 0 N–H and O–H groups in total. The fourth-order valence-corrected chi connectivity index (χ4v) is 13.6. The summed E-state index contributed by atoms with van der Waals surface area (Å²) >= 11 is 0. The number of allylic oxidation sites excluding steroid dienone is 2. The van der Waals surface area contributed by atoms with E-state index >= 15 is 0 Å². The van der Waals surface area contributed by atoms with Gasteiger partial charge in [-0.15, -0.1) is 0 Å². The highest BCUT2D eigenvalue weighted by Gasteiger charge is 2.50. The van der Waals surface area contributed by atoms with E-state index in [-0.39, 0.29) is 10.8 Å². The normalized spacial score (nSPS) is 22.0. The van der Waals surface area contributed by atoms with Crippen molar-refractivity contribution in [3.8, 4) is 33.4 Å². The summed E-state index contributed by atoms with van der Waals surface area (Å²) in [6.45, 7) is 6.74. The molecule has 0 aliphatic heterocycles. The van der Waals surface area contributed by atoms with E-state index in [0.29, 0.717) is 5.92 Å². The number of benzene rings is 8. The first-order valence-electron chi connectivity index (χ1n) is 23.9. The smallest absolute Gasteiger partial charge is 0.0713 e. The third-order valence-electron chi connectivity index (χ3n) is 16.1. The Morgan fingerprint density at radius 2 is 1.17 bits per heavy atom. The van der Waals surface area contributed by atoms with Crippen LogP contribution in [0, 0.1) is 12.8 Å². The standard InChI is InChI=1S/C64H56/c1-4-35-62(36-5-2)55-22-12-10-20-51(55)54-41-45(29-33-57(54)62)39-44-27-30-49(31-28-44)64(48-17-7-6-8-18-48)58-24-14-11-21-53(58)61-47(16-15-25-59(61)64)40-46-34-37-63(42-46)56-23-13-9-19-50(56)52-32-26-43(3)38-60(52)63/h4,6-33,35,38,41,46H,5,34,36-37,39-40,42H2,1-3H3. The molecule has 0 heterocycles. The van der Waals surface area contributed by atoms with Crippen LogP contribution in [0.15, 0.2) is 194 Å². The molecule has 0 aromatic heterocycles. The van der Waals surface area contributed by atoms with Crippen molar-refractivity contribution in [3.63, 3.8) is 0 Å². The molecule has 12 rings (SSSR count). The van der Waals surface area contributed by atoms with E-state index in [4.69, 9.17) is 0 Å². The zero-order valence-electron chi connectivity index (χ0n) is 37.5. The van der Waals surface area contributed by atoms with E-state index in [9.17, 15) is 0 Å². The van der Waals surface area contributed by atoms with Gasteiger partial charge in [0.1, 0.15) is 0 Å². The number of rotatable bonds is 9. The first-order chi connectivity index (χ1) is 31.5. The molecular formula is C64H56. The van der Waals surface area contributed by atoms with Crippen molar-refractivity contribution in [3.05, 3.63) is 261 Å². The number of hydrogen-bond donors (Lipinski definition) is 0. The van der Waals surface area contributed by atoms with Crippen molar-refractivity contribution in [2.24, 2.45) is 5.92 Å². The van der Waals surface area contributed by atoms with Crippen LogP contribution in [0.25, 0.3) is 33.4 Å². The van der Waals surface area contributed by atoms with Crippen molar-refractivity contribution >= 4 is 0 Å². The summed E-state index contributed by atoms with van der Waals surface area (Å²) in [5.74, 6) is 0.600. The third kappa shape index (κ3) is 5.60. The fraction of sp³-hybridized carbons (Fsp3) is 0.219. The minimum absolute atomic E-state index is 0.0536. The molecular weight excluding hydrogens is 769 g/mol. The van der Waals surface area contributed by atoms with Crippen molar-refractivity contribution in [2.75, 3.05) is 0 Å². The Labute approximate surface area is 380 Å². The molecule has 8 aromatic rings. The lowest BCUT2D eigenvalue weighted by Gasteiger charge is -2.34. The lowest BCUT2D eigenvalue weighted by molar-refractivity contribution is 0.487. The molecule has 0 heteroatoms. The minimum Gasteiger partial charge on any atom is -0.0904 e. The van der Waals surface area contributed by atoms with Gasteiger partial charge in [-0.3, -0.25) is 0 Å². The van der Waals surface area contributed by atoms with Gasteiger partial charge in [-0.25, -0.2) is 0 Å². The van der Waals surface area contributed by atoms with Crippen LogP contribution in [0.4, 0.5) is 0 Å². The lowest BCUT2D eigenvalue weighted by atomic mass is 9.67. The molecule has 4 aliphatic carbocycles. The summed E-state index contributed by atoms with van der Waals surface area (Å²) in [5, 5.41) is 0. The monoisotopic (exact) mass is 824 g/mol. The number of fused-ring (bicyclic) bond motifs is 11. The van der Waals surface area contributed by atoms with Crippen LogP contribution >= 0.6 is 0 Å². The molecule has 64 heavy (non-hydrogen) atoms. The van der Waals surface area contributed by atoms with Gasteiger partial charge in [-0.05, 0) is 153 Å². The zero-order chi connectivity index (χ0) is 43.0. The average molecular weight is 825 g/mol. The van der Waals surface area contributed by atoms with Crippen LogP contribution in [-0.2, 0) is 29.1 Å². The Balaban J connectivity index is 0.915. The lowest BCUT2D eigenvalue weighted by Crippen LogP contribution is -2.28. The predicted molar refractivity (Wildman–Crippen MR) is 267 cm³/mol. The number of aryl methyl sites for hydroxylation is 1. The Bertz CT molecular complexity index is 3130. The highest BCUT2D eigenvalue weighted by Crippen LogP contribution is 2.61. The molecule has 1 fully saturated rings. The van der Waals surface area contributed by atoms with E-state index in [0.717, 1.165) is 25.7 Å². The van der Waals surface area contributed by atoms with Gasteiger partial charge in [-0.1, -0.05) is 213 Å². The second-order valence-corrected chi connectivity index (χ2v) is 19.5. The number of hydrogen-bond acceptors (Lipinski definition) is 0. The van der Waals surface area contributed by atoms with Gasteiger partial charge in [0.25, 0.3) is 0 Å². The van der Waals surface area contributed by atoms with E-state index in [2.05, 4.69) is 215 Å². The van der Waals surface area contributed by atoms with Gasteiger partial charge >= 0.3 is 0 Å². The van der Waals surface area contributed by atoms with Crippen LogP contribution in [0.3, 0.4) is 0 Å². The summed E-state index contributed by atoms with van der Waals surface area (Å²) in [5.41, 5.74) is 25.2. The highest BCUT2D eigenvalue weighted by atomic mass is 14.5. The highest BCUT2D eigenvalue weighted by molar-refractivity contribution is 5.89. The Morgan fingerprint density at radius 1 is 0.531 bits per heavy atom. The summed E-state index contributed by atoms with van der Waals surface area (Å²) in [7, 11) is 0. The summed E-state index contributed by atoms with van der Waals surface area (Å²) in [6, 6.07) is 70.5. The molecule has 8 aromatic carbocycles. The van der Waals surface area contributed by atoms with Crippen LogP contribution in [0.2, 0.25) is 0 Å². The maximum atomic E-state index is 2.50. The summed E-state index contributed by atoms with van der Waals surface area (Å²) in [6.07, 6.45) is 12.6. The Kier molecular flexibility index (Phi) is 9.20. The minimum atomic E-state index is -0.424. The second-order valence-electron chi connectivity index (χ2n) is 19.5. The van der Waals surface area contributed by atoms with Gasteiger partial charge in [-0.2, -0.15) is 0 Å². The van der Waals surface area contributed by atoms with Gasteiger partial charge in [0.15, 0.2) is 0 Å². The third-order valence-corrected chi connectivity index (χ3v) is 16.1. The molecule has 0 amide bonds. The van der Waals surface area contributed by atoms with E-state index in [1.165, 1.54) is 108 Å². The van der Waals surface area contributed by atoms with E-state index < -0.39 is 5.41 Å². The van der Waals surface area contributed by atoms with Gasteiger partial charge in [0, 0.05) is 10.8 Å². The van der Waals surface area contributed by atoms with Gasteiger partial charge in [0.2, 0.25) is 0 Å². The van der Waals surface area contributed by atoms with E-state index in [1.807, 2.05) is 0 Å². The fourth-order valence-electron chi connectivity index (χ4n) is 13.6. The molecule has 0 bridgehead atoms. The zero-order valence-corrected chi connectivity index (χ0v) is 37.5. The van der Waals surface area contributed by atoms with Gasteiger partial charge in [0.05, 0.1) is 5.41 Å².